The summed E-state index contributed by atoms with van der Waals surface area (Å²) in [6.07, 6.45) is 2.54. The Bertz CT molecular complexity index is 692. The molecule has 3 saturated heterocycles. The van der Waals surface area contributed by atoms with Crippen molar-refractivity contribution in [3.8, 4) is 0 Å². The van der Waals surface area contributed by atoms with Crippen LogP contribution >= 0.6 is 0 Å². The summed E-state index contributed by atoms with van der Waals surface area (Å²) in [6.45, 7) is 5.44. The Labute approximate surface area is 153 Å². The molecule has 1 atom stereocenters. The largest absolute Gasteiger partial charge is 0.361 e. The van der Waals surface area contributed by atoms with Crippen LogP contribution in [0.25, 0.3) is 0 Å². The molecular formula is C18H25N5O3. The van der Waals surface area contributed by atoms with Gasteiger partial charge in [-0.25, -0.2) is 4.98 Å². The van der Waals surface area contributed by atoms with Crippen LogP contribution in [-0.2, 0) is 9.53 Å². The van der Waals surface area contributed by atoms with Crippen molar-refractivity contribution in [3.05, 3.63) is 23.9 Å². The normalized spacial score (nSPS) is 27.0. The van der Waals surface area contributed by atoms with Crippen LogP contribution in [0, 0.1) is 0 Å². The van der Waals surface area contributed by atoms with E-state index in [0.29, 0.717) is 18.7 Å². The van der Waals surface area contributed by atoms with E-state index >= 15 is 0 Å². The van der Waals surface area contributed by atoms with Crippen molar-refractivity contribution in [2.24, 2.45) is 0 Å². The molecule has 3 aliphatic heterocycles. The number of morpholine rings is 1. The van der Waals surface area contributed by atoms with Gasteiger partial charge in [0.1, 0.15) is 18.0 Å². The minimum absolute atomic E-state index is 0.0630. The number of nitrogens with one attached hydrogen (secondary N) is 1. The molecule has 0 radical (unpaired) electrons. The van der Waals surface area contributed by atoms with Gasteiger partial charge < -0.3 is 24.8 Å². The summed E-state index contributed by atoms with van der Waals surface area (Å²) in [5.74, 6) is 0.797. The van der Waals surface area contributed by atoms with Gasteiger partial charge in [0.2, 0.25) is 5.91 Å². The van der Waals surface area contributed by atoms with Crippen LogP contribution in [0.5, 0.6) is 0 Å². The number of carbonyl (C=O) groups excluding carboxylic acids is 2. The molecule has 0 bridgehead atoms. The molecule has 8 nitrogen and oxygen atoms in total. The van der Waals surface area contributed by atoms with E-state index in [1.807, 2.05) is 11.0 Å². The summed E-state index contributed by atoms with van der Waals surface area (Å²) in [6, 6.07) is 3.66. The lowest BCUT2D eigenvalue weighted by Gasteiger charge is -2.33. The molecule has 4 rings (SSSR count). The molecule has 0 saturated carbocycles. The van der Waals surface area contributed by atoms with Gasteiger partial charge in [-0.15, -0.1) is 0 Å². The highest BCUT2D eigenvalue weighted by molar-refractivity contribution is 5.95. The molecule has 0 aromatic carbocycles. The van der Waals surface area contributed by atoms with Gasteiger partial charge in [0.15, 0.2) is 0 Å². The predicted molar refractivity (Wildman–Crippen MR) is 96.2 cm³/mol. The molecule has 0 aliphatic carbocycles. The number of anilines is 1. The van der Waals surface area contributed by atoms with Crippen molar-refractivity contribution in [2.75, 3.05) is 64.4 Å². The first-order chi connectivity index (χ1) is 12.5. The van der Waals surface area contributed by atoms with Crippen molar-refractivity contribution < 1.29 is 14.3 Å². The van der Waals surface area contributed by atoms with Gasteiger partial charge in [0.05, 0.1) is 6.54 Å². The summed E-state index contributed by atoms with van der Waals surface area (Å²) in [4.78, 5) is 34.9. The minimum atomic E-state index is -0.340. The van der Waals surface area contributed by atoms with Crippen molar-refractivity contribution in [1.29, 1.82) is 0 Å². The second-order valence-electron chi connectivity index (χ2n) is 7.42. The number of pyridine rings is 1. The Morgan fingerprint density at radius 3 is 2.81 bits per heavy atom. The van der Waals surface area contributed by atoms with Gasteiger partial charge in [-0.1, -0.05) is 0 Å². The summed E-state index contributed by atoms with van der Waals surface area (Å²) in [7, 11) is 2.07. The number of aromatic nitrogens is 1. The zero-order valence-electron chi connectivity index (χ0n) is 15.1. The number of ether oxygens (including phenoxy) is 1. The van der Waals surface area contributed by atoms with Crippen LogP contribution in [0.1, 0.15) is 16.8 Å². The quantitative estimate of drug-likeness (QED) is 0.772. The molecule has 140 valence electrons. The molecule has 8 heteroatoms. The molecule has 4 heterocycles. The van der Waals surface area contributed by atoms with Crippen LogP contribution < -0.4 is 10.2 Å². The highest BCUT2D eigenvalue weighted by Crippen LogP contribution is 2.30. The summed E-state index contributed by atoms with van der Waals surface area (Å²) < 4.78 is 5.81. The van der Waals surface area contributed by atoms with E-state index in [-0.39, 0.29) is 24.0 Å². The fraction of sp³-hybridized carbons (Fsp3) is 0.611. The highest BCUT2D eigenvalue weighted by atomic mass is 16.5. The number of piperazine rings is 1. The Kier molecular flexibility index (Phi) is 4.54. The predicted octanol–water partition coefficient (Wildman–Crippen LogP) is -0.435. The second-order valence-corrected chi connectivity index (χ2v) is 7.42. The summed E-state index contributed by atoms with van der Waals surface area (Å²) in [5, 5.41) is 2.89. The topological polar surface area (TPSA) is 78.0 Å². The smallest absolute Gasteiger partial charge is 0.254 e. The molecule has 3 fully saturated rings. The number of likely N-dealkylation sites (N-methyl/N-ethyl adjacent to an activating group) is 1. The zero-order chi connectivity index (χ0) is 18.1. The first-order valence-corrected chi connectivity index (χ1v) is 9.14. The third-order valence-electron chi connectivity index (χ3n) is 5.54. The maximum atomic E-state index is 12.8. The number of amides is 2. The van der Waals surface area contributed by atoms with Gasteiger partial charge in [-0.2, -0.15) is 0 Å². The Balaban J connectivity index is 1.45. The fourth-order valence-corrected chi connectivity index (χ4v) is 3.80. The van der Waals surface area contributed by atoms with Crippen LogP contribution in [0.4, 0.5) is 5.82 Å². The van der Waals surface area contributed by atoms with Crippen molar-refractivity contribution in [2.45, 2.75) is 12.0 Å². The molecule has 26 heavy (non-hydrogen) atoms. The molecule has 1 aromatic rings. The molecule has 3 aliphatic rings. The average Bonchev–Trinajstić information content (AvgIpc) is 3.09. The molecule has 1 spiro atoms. The molecule has 1 aromatic heterocycles. The molecule has 1 unspecified atom stereocenters. The monoisotopic (exact) mass is 359 g/mol. The van der Waals surface area contributed by atoms with E-state index in [0.717, 1.165) is 45.0 Å². The van der Waals surface area contributed by atoms with E-state index in [2.05, 4.69) is 27.1 Å². The van der Waals surface area contributed by atoms with Gasteiger partial charge in [0, 0.05) is 51.0 Å². The lowest BCUT2D eigenvalue weighted by atomic mass is 10.0. The number of nitrogens with zero attached hydrogens (tertiary/aromatic N) is 4. The van der Waals surface area contributed by atoms with E-state index in [1.54, 1.807) is 12.3 Å². The van der Waals surface area contributed by atoms with E-state index < -0.39 is 0 Å². The second kappa shape index (κ2) is 6.85. The standard InChI is InChI=1S/C18H25N5O3/c1-21-6-8-22(9-7-21)17(25)14-2-4-19-15(10-14)23-5-3-18(13-23)12-20-16(24)11-26-18/h2,4,10H,3,5-9,11-13H2,1H3,(H,20,24). The number of hydrogen-bond donors (Lipinski definition) is 1. The van der Waals surface area contributed by atoms with E-state index in [9.17, 15) is 9.59 Å². The lowest BCUT2D eigenvalue weighted by molar-refractivity contribution is -0.141. The zero-order valence-corrected chi connectivity index (χ0v) is 15.1. The molecule has 1 N–H and O–H groups in total. The third-order valence-corrected chi connectivity index (χ3v) is 5.54. The average molecular weight is 359 g/mol. The SMILES string of the molecule is CN1CCN(C(=O)c2ccnc(N3CCC4(CNC(=O)CO4)C3)c2)CC1. The Hall–Kier alpha value is -2.19. The third kappa shape index (κ3) is 3.39. The lowest BCUT2D eigenvalue weighted by Crippen LogP contribution is -2.53. The first-order valence-electron chi connectivity index (χ1n) is 9.14. The molecule has 2 amide bonds. The highest BCUT2D eigenvalue weighted by Gasteiger charge is 2.42. The summed E-state index contributed by atoms with van der Waals surface area (Å²) >= 11 is 0. The van der Waals surface area contributed by atoms with Crippen LogP contribution in [0.2, 0.25) is 0 Å². The van der Waals surface area contributed by atoms with Gasteiger partial charge in [0.25, 0.3) is 5.91 Å². The maximum absolute atomic E-state index is 12.8. The van der Waals surface area contributed by atoms with Crippen molar-refractivity contribution in [1.82, 2.24) is 20.1 Å². The van der Waals surface area contributed by atoms with E-state index in [1.165, 1.54) is 0 Å². The fourth-order valence-electron chi connectivity index (χ4n) is 3.80. The van der Waals surface area contributed by atoms with Crippen LogP contribution in [0.15, 0.2) is 18.3 Å². The van der Waals surface area contributed by atoms with Crippen molar-refractivity contribution >= 4 is 17.6 Å². The number of hydrogen-bond acceptors (Lipinski definition) is 6. The van der Waals surface area contributed by atoms with Gasteiger partial charge in [-0.05, 0) is 25.6 Å². The summed E-state index contributed by atoms with van der Waals surface area (Å²) in [5.41, 5.74) is 0.339. The van der Waals surface area contributed by atoms with E-state index in [4.69, 9.17) is 4.74 Å². The van der Waals surface area contributed by atoms with Crippen molar-refractivity contribution in [3.63, 3.8) is 0 Å². The maximum Gasteiger partial charge on any atom is 0.254 e. The van der Waals surface area contributed by atoms with Crippen LogP contribution in [-0.4, -0.2) is 91.7 Å². The first kappa shape index (κ1) is 17.2. The van der Waals surface area contributed by atoms with Gasteiger partial charge in [-0.3, -0.25) is 9.59 Å². The molecular weight excluding hydrogens is 334 g/mol. The van der Waals surface area contributed by atoms with Gasteiger partial charge >= 0.3 is 0 Å². The number of rotatable bonds is 2. The Morgan fingerprint density at radius 1 is 1.27 bits per heavy atom. The Morgan fingerprint density at radius 2 is 2.08 bits per heavy atom. The minimum Gasteiger partial charge on any atom is -0.361 e. The number of carbonyl (C=O) groups is 2. The van der Waals surface area contributed by atoms with Crippen LogP contribution in [0.3, 0.4) is 0 Å².